The number of Topliss-reactive ketones (excluding diaryl/α,β-unsaturated/α-hetero) is 1. The number of nitrogens with zero attached hydrogens (tertiary/aromatic N) is 2. The van der Waals surface area contributed by atoms with Crippen molar-refractivity contribution in [3.63, 3.8) is 0 Å². The number of hydrogen-bond donors (Lipinski definition) is 3. The zero-order chi connectivity index (χ0) is 20.1. The molecule has 0 spiro atoms. The van der Waals surface area contributed by atoms with E-state index in [0.29, 0.717) is 16.9 Å². The Kier molecular flexibility index (Phi) is 5.56. The van der Waals surface area contributed by atoms with E-state index in [9.17, 15) is 4.79 Å². The fourth-order valence-electron chi connectivity index (χ4n) is 2.73. The highest BCUT2D eigenvalue weighted by Crippen LogP contribution is 2.18. The van der Waals surface area contributed by atoms with Crippen LogP contribution in [0.1, 0.15) is 34.1 Å². The van der Waals surface area contributed by atoms with Crippen LogP contribution in [-0.2, 0) is 0 Å². The molecule has 0 radical (unpaired) electrons. The highest BCUT2D eigenvalue weighted by molar-refractivity contribution is 5.94. The number of nitrogens with one attached hydrogen (secondary N) is 3. The van der Waals surface area contributed by atoms with Gasteiger partial charge in [0.15, 0.2) is 11.4 Å². The van der Waals surface area contributed by atoms with E-state index < -0.39 is 0 Å². The highest BCUT2D eigenvalue weighted by Gasteiger charge is 2.07. The average Bonchev–Trinajstić information content (AvgIpc) is 3.11. The molecule has 0 atom stereocenters. The van der Waals surface area contributed by atoms with Crippen molar-refractivity contribution in [1.29, 1.82) is 5.41 Å². The van der Waals surface area contributed by atoms with E-state index in [0.717, 1.165) is 22.5 Å². The van der Waals surface area contributed by atoms with Crippen molar-refractivity contribution < 1.29 is 4.79 Å². The summed E-state index contributed by atoms with van der Waals surface area (Å²) in [6, 6.07) is 9.33. The van der Waals surface area contributed by atoms with Gasteiger partial charge in [-0.3, -0.25) is 9.20 Å². The van der Waals surface area contributed by atoms with Crippen LogP contribution < -0.4 is 10.6 Å². The number of aryl methyl sites for hydroxylation is 1. The Morgan fingerprint density at radius 3 is 2.82 bits per heavy atom. The number of fused-ring (bicyclic) bond motifs is 1. The predicted molar refractivity (Wildman–Crippen MR) is 112 cm³/mol. The number of imidazole rings is 1. The minimum absolute atomic E-state index is 0.0187. The van der Waals surface area contributed by atoms with E-state index in [1.807, 2.05) is 47.9 Å². The first-order valence-electron chi connectivity index (χ1n) is 8.78. The fraction of sp³-hybridized carbons (Fsp3) is 0.136. The lowest BCUT2D eigenvalue weighted by molar-refractivity contribution is 0.101. The Hall–Kier alpha value is -3.85. The summed E-state index contributed by atoms with van der Waals surface area (Å²) in [5.41, 5.74) is 5.32. The molecule has 3 rings (SSSR count). The Bertz CT molecular complexity index is 1140. The Balaban J connectivity index is 1.99. The molecule has 0 unspecified atom stereocenters. The van der Waals surface area contributed by atoms with Gasteiger partial charge in [0.2, 0.25) is 0 Å². The van der Waals surface area contributed by atoms with Crippen molar-refractivity contribution >= 4 is 23.3 Å². The highest BCUT2D eigenvalue weighted by atomic mass is 16.1. The number of rotatable bonds is 5. The molecule has 0 aliphatic rings. The molecular weight excluding hydrogens is 350 g/mol. The van der Waals surface area contributed by atoms with Gasteiger partial charge >= 0.3 is 0 Å². The van der Waals surface area contributed by atoms with Gasteiger partial charge in [-0.2, -0.15) is 0 Å². The third-order valence-electron chi connectivity index (χ3n) is 4.24. The van der Waals surface area contributed by atoms with Crippen molar-refractivity contribution in [1.82, 2.24) is 14.7 Å². The number of hydrogen-bond acceptors (Lipinski definition) is 5. The number of pyridine rings is 1. The summed E-state index contributed by atoms with van der Waals surface area (Å²) >= 11 is 0. The lowest BCUT2D eigenvalue weighted by Gasteiger charge is -2.08. The first-order chi connectivity index (χ1) is 13.5. The minimum atomic E-state index is 0.0187. The van der Waals surface area contributed by atoms with Gasteiger partial charge < -0.3 is 16.0 Å². The minimum Gasteiger partial charge on any atom is -0.392 e. The van der Waals surface area contributed by atoms with Crippen LogP contribution in [0.15, 0.2) is 54.6 Å². The molecule has 0 aliphatic carbocycles. The maximum atomic E-state index is 11.6. The van der Waals surface area contributed by atoms with Crippen LogP contribution in [0.3, 0.4) is 0 Å². The molecule has 3 N–H and O–H groups in total. The molecule has 0 aliphatic heterocycles. The quantitative estimate of drug-likeness (QED) is 0.365. The molecule has 6 heteroatoms. The first-order valence-corrected chi connectivity index (χ1v) is 8.78. The summed E-state index contributed by atoms with van der Waals surface area (Å²) < 4.78 is 1.89. The average molecular weight is 371 g/mol. The van der Waals surface area contributed by atoms with Crippen LogP contribution in [0.25, 0.3) is 5.65 Å². The number of aromatic nitrogens is 2. The molecular formula is C22H21N5O. The number of allylic oxidation sites excluding steroid dienone is 1. The molecule has 6 nitrogen and oxygen atoms in total. The van der Waals surface area contributed by atoms with E-state index in [1.54, 1.807) is 26.4 Å². The van der Waals surface area contributed by atoms with Gasteiger partial charge in [0.1, 0.15) is 5.69 Å². The van der Waals surface area contributed by atoms with E-state index in [4.69, 9.17) is 5.41 Å². The van der Waals surface area contributed by atoms with E-state index >= 15 is 0 Å². The molecule has 2 aromatic heterocycles. The van der Waals surface area contributed by atoms with E-state index in [1.165, 1.54) is 6.21 Å². The molecule has 3 aromatic rings. The molecule has 140 valence electrons. The lowest BCUT2D eigenvalue weighted by atomic mass is 10.0. The van der Waals surface area contributed by atoms with Gasteiger partial charge in [0, 0.05) is 36.8 Å². The molecule has 1 aromatic carbocycles. The van der Waals surface area contributed by atoms with Gasteiger partial charge in [-0.25, -0.2) is 4.98 Å². The molecule has 0 saturated heterocycles. The molecule has 28 heavy (non-hydrogen) atoms. The van der Waals surface area contributed by atoms with E-state index in [2.05, 4.69) is 27.5 Å². The van der Waals surface area contributed by atoms with Crippen molar-refractivity contribution in [3.05, 3.63) is 77.0 Å². The van der Waals surface area contributed by atoms with Crippen molar-refractivity contribution in [2.45, 2.75) is 13.8 Å². The van der Waals surface area contributed by atoms with Crippen molar-refractivity contribution in [2.75, 3.05) is 12.4 Å². The first kappa shape index (κ1) is 18.9. The standard InChI is InChI=1S/C22H21N5O/c1-15-6-7-18(16(2)28)11-17(15)8-9-20-14-25-22-21(5-4-10-27(20)22)26-19(12-23)13-24-3/h4-7,10-14,23-24,26H,1-3H3/b19-13+,23-12?. The zero-order valence-corrected chi connectivity index (χ0v) is 16.0. The topological polar surface area (TPSA) is 82.3 Å². The largest absolute Gasteiger partial charge is 0.392 e. The maximum Gasteiger partial charge on any atom is 0.161 e. The zero-order valence-electron chi connectivity index (χ0n) is 16.0. The number of carbonyl (C=O) groups excluding carboxylic acids is 1. The van der Waals surface area contributed by atoms with E-state index in [-0.39, 0.29) is 5.78 Å². The fourth-order valence-corrected chi connectivity index (χ4v) is 2.73. The van der Waals surface area contributed by atoms with Crippen LogP contribution in [-0.4, -0.2) is 28.4 Å². The third-order valence-corrected chi connectivity index (χ3v) is 4.24. The molecule has 0 bridgehead atoms. The second-order valence-corrected chi connectivity index (χ2v) is 6.25. The van der Waals surface area contributed by atoms with Gasteiger partial charge in [0.05, 0.1) is 17.6 Å². The molecule has 0 amide bonds. The van der Waals surface area contributed by atoms with Gasteiger partial charge in [-0.15, -0.1) is 0 Å². The monoisotopic (exact) mass is 371 g/mol. The molecule has 0 fully saturated rings. The summed E-state index contributed by atoms with van der Waals surface area (Å²) in [6.07, 6.45) is 6.53. The lowest BCUT2D eigenvalue weighted by Crippen LogP contribution is -2.07. The predicted octanol–water partition coefficient (Wildman–Crippen LogP) is 3.37. The number of carbonyl (C=O) groups is 1. The summed E-state index contributed by atoms with van der Waals surface area (Å²) in [5.74, 6) is 6.32. The maximum absolute atomic E-state index is 11.6. The SMILES string of the molecule is CN/C=C(\C=N)Nc1cccn2c(C#Cc3cc(C(C)=O)ccc3C)cnc12. The summed E-state index contributed by atoms with van der Waals surface area (Å²) in [5, 5.41) is 13.6. The van der Waals surface area contributed by atoms with Crippen molar-refractivity contribution in [3.8, 4) is 11.8 Å². The van der Waals surface area contributed by atoms with Crippen LogP contribution in [0.4, 0.5) is 5.69 Å². The smallest absolute Gasteiger partial charge is 0.161 e. The van der Waals surface area contributed by atoms with Crippen LogP contribution in [0.5, 0.6) is 0 Å². The molecule has 2 heterocycles. The van der Waals surface area contributed by atoms with Gasteiger partial charge in [-0.1, -0.05) is 18.1 Å². The third kappa shape index (κ3) is 3.94. The number of benzene rings is 1. The second-order valence-electron chi connectivity index (χ2n) is 6.25. The Morgan fingerprint density at radius 2 is 2.11 bits per heavy atom. The van der Waals surface area contributed by atoms with Crippen LogP contribution in [0.2, 0.25) is 0 Å². The van der Waals surface area contributed by atoms with Gasteiger partial charge in [0.25, 0.3) is 0 Å². The van der Waals surface area contributed by atoms with Crippen LogP contribution >= 0.6 is 0 Å². The summed E-state index contributed by atoms with van der Waals surface area (Å²) in [6.45, 7) is 3.52. The summed E-state index contributed by atoms with van der Waals surface area (Å²) in [7, 11) is 1.78. The second kappa shape index (κ2) is 8.23. The number of anilines is 1. The summed E-state index contributed by atoms with van der Waals surface area (Å²) in [4.78, 5) is 16.1. The van der Waals surface area contributed by atoms with Crippen molar-refractivity contribution in [2.24, 2.45) is 0 Å². The van der Waals surface area contributed by atoms with Gasteiger partial charge in [-0.05, 0) is 43.5 Å². The number of ketones is 1. The Morgan fingerprint density at radius 1 is 1.29 bits per heavy atom. The molecule has 0 saturated carbocycles. The van der Waals surface area contributed by atoms with Crippen LogP contribution in [0, 0.1) is 24.2 Å². The Labute approximate surface area is 163 Å². The normalized spacial score (nSPS) is 10.9.